The van der Waals surface area contributed by atoms with E-state index in [1.165, 1.54) is 0 Å². The van der Waals surface area contributed by atoms with E-state index in [9.17, 15) is 0 Å². The molecule has 0 radical (unpaired) electrons. The summed E-state index contributed by atoms with van der Waals surface area (Å²) in [6.07, 6.45) is 3.46. The van der Waals surface area contributed by atoms with Crippen LogP contribution in [0.25, 0.3) is 11.6 Å². The van der Waals surface area contributed by atoms with Gasteiger partial charge in [-0.15, -0.1) is 11.3 Å². The smallest absolute Gasteiger partial charge is 0.241 e. The van der Waals surface area contributed by atoms with Crippen molar-refractivity contribution in [3.05, 3.63) is 35.9 Å². The highest BCUT2D eigenvalue weighted by molar-refractivity contribution is 7.13. The van der Waals surface area contributed by atoms with Gasteiger partial charge in [0.2, 0.25) is 11.7 Å². The summed E-state index contributed by atoms with van der Waals surface area (Å²) in [4.78, 5) is 13.5. The highest BCUT2D eigenvalue weighted by Crippen LogP contribution is 2.23. The Morgan fingerprint density at radius 2 is 2.35 bits per heavy atom. The lowest BCUT2D eigenvalue weighted by Gasteiger charge is -2.39. The molecule has 0 bridgehead atoms. The second-order valence-electron chi connectivity index (χ2n) is 5.58. The van der Waals surface area contributed by atoms with E-state index in [0.29, 0.717) is 30.1 Å². The van der Waals surface area contributed by atoms with E-state index in [1.54, 1.807) is 17.6 Å². The van der Waals surface area contributed by atoms with E-state index < -0.39 is 0 Å². The number of thiazole rings is 1. The first-order valence-electron chi connectivity index (χ1n) is 7.54. The van der Waals surface area contributed by atoms with Gasteiger partial charge in [-0.2, -0.15) is 4.98 Å². The van der Waals surface area contributed by atoms with Gasteiger partial charge in [0.1, 0.15) is 0 Å². The maximum Gasteiger partial charge on any atom is 0.241 e. The van der Waals surface area contributed by atoms with Crippen molar-refractivity contribution in [2.75, 3.05) is 24.5 Å². The summed E-state index contributed by atoms with van der Waals surface area (Å²) >= 11 is 1.69. The second-order valence-corrected chi connectivity index (χ2v) is 6.45. The average molecular weight is 331 g/mol. The summed E-state index contributed by atoms with van der Waals surface area (Å²) < 4.78 is 10.6. The van der Waals surface area contributed by atoms with Crippen molar-refractivity contribution in [3.63, 3.8) is 0 Å². The van der Waals surface area contributed by atoms with Gasteiger partial charge in [-0.1, -0.05) is 5.16 Å². The fraction of sp³-hybridized carbons (Fsp3) is 0.400. The van der Waals surface area contributed by atoms with Crippen molar-refractivity contribution >= 4 is 16.5 Å². The highest BCUT2D eigenvalue weighted by Gasteiger charge is 2.26. The lowest BCUT2D eigenvalue weighted by molar-refractivity contribution is 0.194. The van der Waals surface area contributed by atoms with Gasteiger partial charge >= 0.3 is 0 Å². The number of rotatable bonds is 4. The monoisotopic (exact) mass is 331 g/mol. The molecule has 3 aromatic rings. The van der Waals surface area contributed by atoms with Crippen LogP contribution < -0.4 is 4.90 Å². The predicted molar refractivity (Wildman–Crippen MR) is 86.2 cm³/mol. The number of piperazine rings is 1. The van der Waals surface area contributed by atoms with Gasteiger partial charge in [-0.3, -0.25) is 4.90 Å². The van der Waals surface area contributed by atoms with Crippen molar-refractivity contribution in [3.8, 4) is 11.6 Å². The van der Waals surface area contributed by atoms with Gasteiger partial charge in [0.15, 0.2) is 10.9 Å². The van der Waals surface area contributed by atoms with Crippen LogP contribution in [-0.4, -0.2) is 45.7 Å². The lowest BCUT2D eigenvalue weighted by Crippen LogP contribution is -2.51. The minimum absolute atomic E-state index is 0.405. The van der Waals surface area contributed by atoms with E-state index in [1.807, 2.05) is 23.7 Å². The third-order valence-corrected chi connectivity index (χ3v) is 4.75. The molecule has 1 atom stereocenters. The molecule has 120 valence electrons. The van der Waals surface area contributed by atoms with Crippen LogP contribution in [0.3, 0.4) is 0 Å². The minimum atomic E-state index is 0.405. The average Bonchev–Trinajstić information content (AvgIpc) is 3.30. The number of aromatic nitrogens is 3. The number of hydrogen-bond donors (Lipinski definition) is 0. The first-order chi connectivity index (χ1) is 11.3. The fourth-order valence-corrected chi connectivity index (χ4v) is 3.61. The normalized spacial score (nSPS) is 19.3. The lowest BCUT2D eigenvalue weighted by atomic mass is 10.2. The van der Waals surface area contributed by atoms with E-state index in [0.717, 1.165) is 24.8 Å². The molecule has 23 heavy (non-hydrogen) atoms. The molecule has 1 unspecified atom stereocenters. The quantitative estimate of drug-likeness (QED) is 0.727. The van der Waals surface area contributed by atoms with Gasteiger partial charge < -0.3 is 13.8 Å². The molecule has 1 fully saturated rings. The molecule has 1 saturated heterocycles. The summed E-state index contributed by atoms with van der Waals surface area (Å²) in [5, 5.41) is 7.08. The van der Waals surface area contributed by atoms with Crippen LogP contribution in [0.1, 0.15) is 12.8 Å². The molecule has 0 aliphatic carbocycles. The van der Waals surface area contributed by atoms with Crippen LogP contribution in [0.2, 0.25) is 0 Å². The van der Waals surface area contributed by atoms with Crippen LogP contribution in [0, 0.1) is 0 Å². The largest absolute Gasteiger partial charge is 0.461 e. The Labute approximate surface area is 137 Å². The maximum atomic E-state index is 5.34. The zero-order valence-corrected chi connectivity index (χ0v) is 13.6. The van der Waals surface area contributed by atoms with Crippen LogP contribution in [0.15, 0.2) is 38.9 Å². The molecule has 7 nitrogen and oxygen atoms in total. The van der Waals surface area contributed by atoms with Crippen LogP contribution >= 0.6 is 11.3 Å². The zero-order valence-electron chi connectivity index (χ0n) is 12.8. The van der Waals surface area contributed by atoms with Gasteiger partial charge in [-0.25, -0.2) is 4.98 Å². The molecule has 4 rings (SSSR count). The molecule has 0 N–H and O–H groups in total. The molecular formula is C15H17N5O2S. The summed E-state index contributed by atoms with van der Waals surface area (Å²) in [6, 6.07) is 4.04. The molecule has 4 heterocycles. The van der Waals surface area contributed by atoms with Crippen molar-refractivity contribution in [2.24, 2.45) is 0 Å². The van der Waals surface area contributed by atoms with Crippen LogP contribution in [-0.2, 0) is 6.54 Å². The number of furan rings is 1. The number of anilines is 1. The maximum absolute atomic E-state index is 5.34. The van der Waals surface area contributed by atoms with E-state index in [-0.39, 0.29) is 0 Å². The standard InChI is InChI=1S/C15H17N5O2S/c1-11-9-19(5-6-20(11)15-16-4-8-23-15)10-13-17-14(18-22-13)12-3-2-7-21-12/h2-4,7-8,11H,5-6,9-10H2,1H3. The molecule has 8 heteroatoms. The molecule has 1 aliphatic heterocycles. The van der Waals surface area contributed by atoms with Crippen LogP contribution in [0.4, 0.5) is 5.13 Å². The van der Waals surface area contributed by atoms with Gasteiger partial charge in [0.25, 0.3) is 0 Å². The highest BCUT2D eigenvalue weighted by atomic mass is 32.1. The first kappa shape index (κ1) is 14.4. The Hall–Kier alpha value is -2.19. The summed E-state index contributed by atoms with van der Waals surface area (Å²) in [7, 11) is 0. The third-order valence-electron chi connectivity index (χ3n) is 3.95. The Bertz CT molecular complexity index is 740. The van der Waals surface area contributed by atoms with E-state index >= 15 is 0 Å². The Morgan fingerprint density at radius 3 is 3.09 bits per heavy atom. The zero-order chi connectivity index (χ0) is 15.6. The van der Waals surface area contributed by atoms with Crippen molar-refractivity contribution in [1.82, 2.24) is 20.0 Å². The Kier molecular flexibility index (Phi) is 3.84. The minimum Gasteiger partial charge on any atom is -0.461 e. The van der Waals surface area contributed by atoms with Crippen molar-refractivity contribution in [1.29, 1.82) is 0 Å². The predicted octanol–water partition coefficient (Wildman–Crippen LogP) is 2.50. The second kappa shape index (κ2) is 6.13. The van der Waals surface area contributed by atoms with Crippen molar-refractivity contribution in [2.45, 2.75) is 19.5 Å². The Morgan fingerprint density at radius 1 is 1.39 bits per heavy atom. The molecule has 0 spiro atoms. The van der Waals surface area contributed by atoms with E-state index in [4.69, 9.17) is 8.94 Å². The summed E-state index contributed by atoms with van der Waals surface area (Å²) in [5.41, 5.74) is 0. The SMILES string of the molecule is CC1CN(Cc2nc(-c3ccco3)no2)CCN1c1nccs1. The third kappa shape index (κ3) is 2.99. The molecule has 0 saturated carbocycles. The van der Waals surface area contributed by atoms with Crippen molar-refractivity contribution < 1.29 is 8.94 Å². The van der Waals surface area contributed by atoms with Gasteiger partial charge in [0.05, 0.1) is 12.8 Å². The van der Waals surface area contributed by atoms with E-state index in [2.05, 4.69) is 31.8 Å². The summed E-state index contributed by atoms with van der Waals surface area (Å²) in [6.45, 7) is 5.72. The fourth-order valence-electron chi connectivity index (χ4n) is 2.83. The molecule has 0 amide bonds. The molecule has 0 aromatic carbocycles. The Balaban J connectivity index is 1.39. The molecule has 3 aromatic heterocycles. The number of hydrogen-bond acceptors (Lipinski definition) is 8. The topological polar surface area (TPSA) is 71.4 Å². The van der Waals surface area contributed by atoms with Gasteiger partial charge in [-0.05, 0) is 19.1 Å². The van der Waals surface area contributed by atoms with Gasteiger partial charge in [0, 0.05) is 37.3 Å². The van der Waals surface area contributed by atoms with Crippen LogP contribution in [0.5, 0.6) is 0 Å². The molecule has 1 aliphatic rings. The number of nitrogens with zero attached hydrogens (tertiary/aromatic N) is 5. The molecular weight excluding hydrogens is 314 g/mol. The summed E-state index contributed by atoms with van der Waals surface area (Å²) in [5.74, 6) is 1.74. The first-order valence-corrected chi connectivity index (χ1v) is 8.42.